The van der Waals surface area contributed by atoms with E-state index in [-0.39, 0.29) is 30.0 Å². The number of methoxy groups -OCH3 is 1. The zero-order valence-electron chi connectivity index (χ0n) is 25.1. The number of aromatic nitrogens is 2. The molecule has 47 heavy (non-hydrogen) atoms. The minimum atomic E-state index is -5.01. The zero-order chi connectivity index (χ0) is 34.5. The first kappa shape index (κ1) is 34.5. The smallest absolute Gasteiger partial charge is 0.416 e. The van der Waals surface area contributed by atoms with Gasteiger partial charge in [-0.1, -0.05) is 48.5 Å². The molecule has 0 aliphatic rings. The highest BCUT2D eigenvalue weighted by Crippen LogP contribution is 2.34. The molecule has 0 spiro atoms. The first-order valence-electron chi connectivity index (χ1n) is 14.2. The third kappa shape index (κ3) is 7.39. The van der Waals surface area contributed by atoms with Crippen molar-refractivity contribution in [1.29, 1.82) is 0 Å². The molecule has 0 bridgehead atoms. The molecule has 0 aliphatic heterocycles. The number of halogens is 5. The molecule has 0 fully saturated rings. The van der Waals surface area contributed by atoms with E-state index in [9.17, 15) is 42.0 Å². The van der Waals surface area contributed by atoms with Crippen molar-refractivity contribution in [3.8, 4) is 16.9 Å². The van der Waals surface area contributed by atoms with E-state index >= 15 is 4.39 Å². The van der Waals surface area contributed by atoms with Gasteiger partial charge < -0.3 is 14.6 Å². The SMILES string of the molecule is COc1cccc(-c2c(C)n(Cc3c(F)cccc3C(F)(F)F)c(=O)n(C[C@@H](c3ccccc3)N(CCCC(=O)[O-])N=O)c2=O)c1F. The quantitative estimate of drug-likeness (QED) is 0.117. The topological polar surface area (TPSA) is 126 Å². The number of alkyl halides is 3. The third-order valence-electron chi connectivity index (χ3n) is 7.65. The number of hydrogen-bond donors (Lipinski definition) is 0. The summed E-state index contributed by atoms with van der Waals surface area (Å²) < 4.78 is 78.8. The monoisotopic (exact) mass is 659 g/mol. The van der Waals surface area contributed by atoms with E-state index in [2.05, 4.69) is 5.29 Å². The molecule has 248 valence electrons. The molecule has 3 aromatic carbocycles. The van der Waals surface area contributed by atoms with Crippen LogP contribution in [0.1, 0.15) is 41.3 Å². The van der Waals surface area contributed by atoms with E-state index in [0.29, 0.717) is 16.2 Å². The van der Waals surface area contributed by atoms with E-state index in [1.807, 2.05) is 0 Å². The normalized spacial score (nSPS) is 12.1. The van der Waals surface area contributed by atoms with Crippen molar-refractivity contribution in [2.45, 2.75) is 45.1 Å². The van der Waals surface area contributed by atoms with Gasteiger partial charge in [0.15, 0.2) is 11.6 Å². The van der Waals surface area contributed by atoms with Crippen LogP contribution in [0.15, 0.2) is 81.6 Å². The largest absolute Gasteiger partial charge is 0.550 e. The molecular formula is C32H28F5N4O6-. The number of nitrogens with zero attached hydrogens (tertiary/aromatic N) is 4. The van der Waals surface area contributed by atoms with Gasteiger partial charge in [0, 0.05) is 29.3 Å². The maximum atomic E-state index is 15.6. The van der Waals surface area contributed by atoms with Crippen LogP contribution in [-0.2, 0) is 24.1 Å². The van der Waals surface area contributed by atoms with Crippen LogP contribution in [0.2, 0.25) is 0 Å². The van der Waals surface area contributed by atoms with Crippen molar-refractivity contribution >= 4 is 5.97 Å². The Bertz CT molecular complexity index is 1890. The zero-order valence-corrected chi connectivity index (χ0v) is 25.1. The highest BCUT2D eigenvalue weighted by Gasteiger charge is 2.35. The number of rotatable bonds is 13. The second-order valence-corrected chi connectivity index (χ2v) is 10.5. The molecule has 4 aromatic rings. The molecular weight excluding hydrogens is 631 g/mol. The Kier molecular flexibility index (Phi) is 10.6. The molecule has 1 heterocycles. The third-order valence-corrected chi connectivity index (χ3v) is 7.65. The summed E-state index contributed by atoms with van der Waals surface area (Å²) in [6.07, 6.45) is -5.54. The van der Waals surface area contributed by atoms with Crippen molar-refractivity contribution in [2.75, 3.05) is 13.7 Å². The number of aliphatic carboxylic acids is 1. The van der Waals surface area contributed by atoms with Gasteiger partial charge in [0.05, 0.1) is 42.7 Å². The number of nitroso groups, excluding NO2 is 1. The van der Waals surface area contributed by atoms with Crippen LogP contribution in [0, 0.1) is 23.5 Å². The van der Waals surface area contributed by atoms with Crippen LogP contribution < -0.4 is 21.1 Å². The van der Waals surface area contributed by atoms with Crippen LogP contribution >= 0.6 is 0 Å². The van der Waals surface area contributed by atoms with Gasteiger partial charge in [-0.05, 0) is 43.5 Å². The lowest BCUT2D eigenvalue weighted by Gasteiger charge is -2.28. The van der Waals surface area contributed by atoms with Gasteiger partial charge in [0.25, 0.3) is 5.56 Å². The van der Waals surface area contributed by atoms with E-state index < -0.39 is 77.3 Å². The van der Waals surface area contributed by atoms with Gasteiger partial charge in [-0.3, -0.25) is 18.9 Å². The summed E-state index contributed by atoms with van der Waals surface area (Å²) in [5.74, 6) is -3.94. The highest BCUT2D eigenvalue weighted by atomic mass is 19.4. The van der Waals surface area contributed by atoms with Crippen molar-refractivity contribution < 1.29 is 36.6 Å². The molecule has 0 saturated carbocycles. The molecule has 1 atom stereocenters. The maximum absolute atomic E-state index is 15.6. The Morgan fingerprint density at radius 3 is 2.30 bits per heavy atom. The van der Waals surface area contributed by atoms with Gasteiger partial charge in [-0.15, -0.1) is 4.91 Å². The molecule has 0 unspecified atom stereocenters. The van der Waals surface area contributed by atoms with Crippen LogP contribution in [0.4, 0.5) is 22.0 Å². The van der Waals surface area contributed by atoms with Gasteiger partial charge in [0.2, 0.25) is 0 Å². The van der Waals surface area contributed by atoms with Crippen LogP contribution in [0.25, 0.3) is 11.1 Å². The molecule has 4 rings (SSSR count). The van der Waals surface area contributed by atoms with E-state index in [0.717, 1.165) is 21.7 Å². The maximum Gasteiger partial charge on any atom is 0.416 e. The molecule has 0 radical (unpaired) electrons. The summed E-state index contributed by atoms with van der Waals surface area (Å²) in [5.41, 5.74) is -5.20. The van der Waals surface area contributed by atoms with Crippen LogP contribution in [0.5, 0.6) is 5.75 Å². The molecule has 0 saturated heterocycles. The number of carboxylic acid groups (broad SMARTS) is 1. The average Bonchev–Trinajstić information content (AvgIpc) is 3.03. The number of hydrogen-bond acceptors (Lipinski definition) is 7. The number of carbonyl (C=O) groups excluding carboxylic acids is 1. The Labute approximate surface area is 264 Å². The summed E-state index contributed by atoms with van der Waals surface area (Å²) in [6.45, 7) is -0.667. The minimum absolute atomic E-state index is 0.0990. The number of carbonyl (C=O) groups is 1. The molecule has 0 amide bonds. The van der Waals surface area contributed by atoms with Crippen molar-refractivity contribution in [3.63, 3.8) is 0 Å². The fourth-order valence-corrected chi connectivity index (χ4v) is 5.32. The lowest BCUT2D eigenvalue weighted by Crippen LogP contribution is -2.45. The predicted octanol–water partition coefficient (Wildman–Crippen LogP) is 4.59. The molecule has 1 aromatic heterocycles. The summed E-state index contributed by atoms with van der Waals surface area (Å²) in [7, 11) is 1.18. The highest BCUT2D eigenvalue weighted by molar-refractivity contribution is 5.67. The Morgan fingerprint density at radius 1 is 1.00 bits per heavy atom. The lowest BCUT2D eigenvalue weighted by atomic mass is 10.0. The summed E-state index contributed by atoms with van der Waals surface area (Å²) >= 11 is 0. The fourth-order valence-electron chi connectivity index (χ4n) is 5.32. The van der Waals surface area contributed by atoms with Crippen molar-refractivity contribution in [3.05, 3.63) is 126 Å². The first-order valence-corrected chi connectivity index (χ1v) is 14.2. The van der Waals surface area contributed by atoms with E-state index in [1.165, 1.54) is 32.2 Å². The van der Waals surface area contributed by atoms with Crippen molar-refractivity contribution in [2.24, 2.45) is 5.29 Å². The summed E-state index contributed by atoms with van der Waals surface area (Å²) in [5, 5.41) is 14.9. The number of ether oxygens (including phenoxy) is 1. The van der Waals surface area contributed by atoms with Crippen LogP contribution in [-0.4, -0.2) is 33.8 Å². The second kappa shape index (κ2) is 14.4. The Hall–Kier alpha value is -5.34. The van der Waals surface area contributed by atoms with Gasteiger partial charge in [-0.2, -0.15) is 13.2 Å². The molecule has 0 N–H and O–H groups in total. The number of benzene rings is 3. The average molecular weight is 660 g/mol. The fraction of sp³-hybridized carbons (Fsp3) is 0.281. The minimum Gasteiger partial charge on any atom is -0.550 e. The van der Waals surface area contributed by atoms with Gasteiger partial charge in [0.1, 0.15) is 5.82 Å². The lowest BCUT2D eigenvalue weighted by molar-refractivity contribution is -0.305. The molecule has 15 heteroatoms. The van der Waals surface area contributed by atoms with E-state index in [1.54, 1.807) is 30.3 Å². The van der Waals surface area contributed by atoms with Gasteiger partial charge >= 0.3 is 11.9 Å². The molecule has 0 aliphatic carbocycles. The second-order valence-electron chi connectivity index (χ2n) is 10.5. The van der Waals surface area contributed by atoms with Crippen LogP contribution in [0.3, 0.4) is 0 Å². The Balaban J connectivity index is 2.01. The first-order chi connectivity index (χ1) is 22.3. The summed E-state index contributed by atoms with van der Waals surface area (Å²) in [6, 6.07) is 12.9. The Morgan fingerprint density at radius 2 is 1.68 bits per heavy atom. The van der Waals surface area contributed by atoms with Crippen molar-refractivity contribution in [1.82, 2.24) is 14.1 Å². The standard InChI is InChI=1S/C32H29F5N4O6/c1-19-28(21-11-6-14-26(47-2)29(21)34)30(44)40(31(45)39(19)17-22-23(32(35,36)37)12-7-13-24(22)33)18-25(20-9-4-3-5-10-20)41(38-46)16-8-15-27(42)43/h3-7,9-14,25H,8,15-18H2,1-2H3,(H,42,43)/p-1/t25-/m0/s1. The molecule has 10 nitrogen and oxygen atoms in total. The number of carboxylic acids is 1. The predicted molar refractivity (Wildman–Crippen MR) is 158 cm³/mol. The summed E-state index contributed by atoms with van der Waals surface area (Å²) in [4.78, 5) is 51.2. The van der Waals surface area contributed by atoms with E-state index in [4.69, 9.17) is 4.74 Å². The van der Waals surface area contributed by atoms with Gasteiger partial charge in [-0.25, -0.2) is 13.6 Å².